The molecule has 2 rings (SSSR count). The van der Waals surface area contributed by atoms with E-state index in [1.807, 2.05) is 6.07 Å². The number of urea groups is 1. The summed E-state index contributed by atoms with van der Waals surface area (Å²) >= 11 is 0.902. The number of para-hydroxylation sites is 1. The summed E-state index contributed by atoms with van der Waals surface area (Å²) in [7, 11) is -3.61. The Morgan fingerprint density at radius 2 is 1.83 bits per heavy atom. The molecule has 0 aliphatic rings. The van der Waals surface area contributed by atoms with Crippen LogP contribution in [0.15, 0.2) is 30.3 Å². The molecule has 1 heterocycles. The Balaban J connectivity index is 2.14. The zero-order chi connectivity index (χ0) is 16.7. The first-order valence-corrected chi connectivity index (χ1v) is 9.25. The molecule has 2 amide bonds. The van der Waals surface area contributed by atoms with Gasteiger partial charge >= 0.3 is 13.6 Å². The fourth-order valence-electron chi connectivity index (χ4n) is 1.73. The second-order valence-corrected chi connectivity index (χ2v) is 6.89. The van der Waals surface area contributed by atoms with Crippen LogP contribution in [-0.2, 0) is 13.6 Å². The molecule has 0 atom stereocenters. The maximum Gasteiger partial charge on any atom is 0.384 e. The first-order valence-electron chi connectivity index (χ1n) is 6.94. The molecule has 0 aliphatic carbocycles. The van der Waals surface area contributed by atoms with Crippen LogP contribution in [0.25, 0.3) is 0 Å². The SMILES string of the molecule is CCOP(=O)(OCC)c1nnsc1NC(=O)Nc1ccccc1. The summed E-state index contributed by atoms with van der Waals surface area (Å²) in [6, 6.07) is 8.44. The lowest BCUT2D eigenvalue weighted by atomic mass is 10.3. The lowest BCUT2D eigenvalue weighted by Gasteiger charge is -2.15. The highest BCUT2D eigenvalue weighted by atomic mass is 32.1. The molecule has 8 nitrogen and oxygen atoms in total. The lowest BCUT2D eigenvalue weighted by Crippen LogP contribution is -2.23. The Morgan fingerprint density at radius 1 is 1.17 bits per heavy atom. The minimum absolute atomic E-state index is 0.00871. The van der Waals surface area contributed by atoms with Crippen molar-refractivity contribution >= 4 is 41.3 Å². The van der Waals surface area contributed by atoms with Gasteiger partial charge in [-0.25, -0.2) is 4.79 Å². The van der Waals surface area contributed by atoms with Crippen molar-refractivity contribution in [3.05, 3.63) is 30.3 Å². The summed E-state index contributed by atoms with van der Waals surface area (Å²) < 4.78 is 26.9. The van der Waals surface area contributed by atoms with Gasteiger partial charge in [0.15, 0.2) is 5.00 Å². The van der Waals surface area contributed by atoms with Crippen molar-refractivity contribution in [3.8, 4) is 0 Å². The van der Waals surface area contributed by atoms with Crippen LogP contribution in [0.5, 0.6) is 0 Å². The van der Waals surface area contributed by atoms with Crippen LogP contribution in [0.4, 0.5) is 15.5 Å². The number of hydrogen-bond donors (Lipinski definition) is 2. The minimum atomic E-state index is -3.61. The van der Waals surface area contributed by atoms with Gasteiger partial charge in [-0.2, -0.15) is 0 Å². The monoisotopic (exact) mass is 356 g/mol. The van der Waals surface area contributed by atoms with Gasteiger partial charge in [0.2, 0.25) is 5.44 Å². The number of nitrogens with zero attached hydrogens (tertiary/aromatic N) is 2. The Labute approximate surface area is 137 Å². The third-order valence-electron chi connectivity index (χ3n) is 2.59. The second-order valence-electron chi connectivity index (χ2n) is 4.20. The Kier molecular flexibility index (Phi) is 6.23. The Hall–Kier alpha value is -1.80. The van der Waals surface area contributed by atoms with E-state index in [0.29, 0.717) is 5.69 Å². The highest BCUT2D eigenvalue weighted by Crippen LogP contribution is 2.48. The van der Waals surface area contributed by atoms with E-state index in [4.69, 9.17) is 9.05 Å². The van der Waals surface area contributed by atoms with Crippen molar-refractivity contribution in [1.29, 1.82) is 0 Å². The predicted molar refractivity (Wildman–Crippen MR) is 89.5 cm³/mol. The number of amides is 2. The van der Waals surface area contributed by atoms with Crippen LogP contribution in [0.2, 0.25) is 0 Å². The van der Waals surface area contributed by atoms with Crippen molar-refractivity contribution in [1.82, 2.24) is 9.59 Å². The molecule has 0 fully saturated rings. The standard InChI is InChI=1S/C13H17N4O4PS/c1-3-20-22(19,21-4-2)11-12(23-17-16-11)15-13(18)14-10-8-6-5-7-9-10/h5-9H,3-4H2,1-2H3,(H2,14,15,18). The first kappa shape index (κ1) is 17.6. The molecule has 0 saturated heterocycles. The number of anilines is 2. The van der Waals surface area contributed by atoms with Crippen LogP contribution in [0.3, 0.4) is 0 Å². The lowest BCUT2D eigenvalue weighted by molar-refractivity contribution is 0.229. The molecule has 10 heteroatoms. The normalized spacial score (nSPS) is 11.2. The molecule has 0 spiro atoms. The van der Waals surface area contributed by atoms with Crippen molar-refractivity contribution in [2.75, 3.05) is 23.8 Å². The van der Waals surface area contributed by atoms with Crippen LogP contribution >= 0.6 is 19.1 Å². The number of rotatable bonds is 7. The molecule has 23 heavy (non-hydrogen) atoms. The van der Waals surface area contributed by atoms with Gasteiger partial charge in [-0.15, -0.1) is 5.10 Å². The summed E-state index contributed by atoms with van der Waals surface area (Å²) in [4.78, 5) is 12.0. The molecule has 1 aromatic heterocycles. The van der Waals surface area contributed by atoms with Gasteiger partial charge in [-0.05, 0) is 26.0 Å². The highest BCUT2D eigenvalue weighted by Gasteiger charge is 2.34. The molecule has 124 valence electrons. The summed E-state index contributed by atoms with van der Waals surface area (Å²) in [5, 5.41) is 9.25. The highest BCUT2D eigenvalue weighted by molar-refractivity contribution is 7.62. The van der Waals surface area contributed by atoms with Gasteiger partial charge in [0.05, 0.1) is 13.2 Å². The van der Waals surface area contributed by atoms with Crippen molar-refractivity contribution in [3.63, 3.8) is 0 Å². The van der Waals surface area contributed by atoms with Crippen molar-refractivity contribution < 1.29 is 18.4 Å². The smallest absolute Gasteiger partial charge is 0.308 e. The Bertz CT molecular complexity index is 684. The van der Waals surface area contributed by atoms with Crippen molar-refractivity contribution in [2.45, 2.75) is 13.8 Å². The zero-order valence-electron chi connectivity index (χ0n) is 12.7. The number of hydrogen-bond acceptors (Lipinski definition) is 7. The van der Waals surface area contributed by atoms with Crippen LogP contribution in [0, 0.1) is 0 Å². The molecule has 0 radical (unpaired) electrons. The summed E-state index contributed by atoms with van der Waals surface area (Å²) in [5.74, 6) is 0. The molecular weight excluding hydrogens is 339 g/mol. The molecule has 1 aromatic carbocycles. The summed E-state index contributed by atoms with van der Waals surface area (Å²) in [6.45, 7) is 3.76. The van der Waals surface area contributed by atoms with E-state index >= 15 is 0 Å². The fraction of sp³-hybridized carbons (Fsp3) is 0.308. The number of nitrogens with one attached hydrogen (secondary N) is 2. The van der Waals surface area contributed by atoms with Crippen LogP contribution < -0.4 is 16.1 Å². The summed E-state index contributed by atoms with van der Waals surface area (Å²) in [6.07, 6.45) is 0. The van der Waals surface area contributed by atoms with Gasteiger partial charge in [0.1, 0.15) is 0 Å². The number of benzene rings is 1. The van der Waals surface area contributed by atoms with E-state index < -0.39 is 13.6 Å². The maximum absolute atomic E-state index is 12.7. The molecule has 0 aliphatic heterocycles. The summed E-state index contributed by atoms with van der Waals surface area (Å²) in [5.41, 5.74) is 0.635. The van der Waals surface area contributed by atoms with E-state index in [-0.39, 0.29) is 23.6 Å². The van der Waals surface area contributed by atoms with Crippen molar-refractivity contribution in [2.24, 2.45) is 0 Å². The van der Waals surface area contributed by atoms with Gasteiger partial charge in [0, 0.05) is 17.2 Å². The van der Waals surface area contributed by atoms with E-state index in [2.05, 4.69) is 20.2 Å². The van der Waals surface area contributed by atoms with Gasteiger partial charge in [-0.3, -0.25) is 9.88 Å². The first-order chi connectivity index (χ1) is 11.1. The number of carbonyl (C=O) groups excluding carboxylic acids is 1. The third-order valence-corrected chi connectivity index (χ3v) is 5.41. The topological polar surface area (TPSA) is 102 Å². The minimum Gasteiger partial charge on any atom is -0.308 e. The Morgan fingerprint density at radius 3 is 2.43 bits per heavy atom. The molecular formula is C13H17N4O4PS. The van der Waals surface area contributed by atoms with E-state index in [9.17, 15) is 9.36 Å². The van der Waals surface area contributed by atoms with E-state index in [1.54, 1.807) is 38.1 Å². The second kappa shape index (κ2) is 8.16. The zero-order valence-corrected chi connectivity index (χ0v) is 14.4. The van der Waals surface area contributed by atoms with Crippen LogP contribution in [-0.4, -0.2) is 28.8 Å². The van der Waals surface area contributed by atoms with Crippen LogP contribution in [0.1, 0.15) is 13.8 Å². The largest absolute Gasteiger partial charge is 0.384 e. The fourth-order valence-corrected chi connectivity index (χ4v) is 4.17. The van der Waals surface area contributed by atoms with Gasteiger partial charge in [0.25, 0.3) is 0 Å². The molecule has 2 aromatic rings. The molecule has 0 unspecified atom stereocenters. The van der Waals surface area contributed by atoms with Gasteiger partial charge in [-0.1, -0.05) is 22.7 Å². The third kappa shape index (κ3) is 4.59. The molecule has 0 bridgehead atoms. The number of aromatic nitrogens is 2. The van der Waals surface area contributed by atoms with E-state index in [0.717, 1.165) is 11.5 Å². The van der Waals surface area contributed by atoms with Gasteiger partial charge < -0.3 is 14.4 Å². The average molecular weight is 356 g/mol. The van der Waals surface area contributed by atoms with E-state index in [1.165, 1.54) is 0 Å². The quantitative estimate of drug-likeness (QED) is 0.739. The average Bonchev–Trinajstić information content (AvgIpc) is 2.97. The maximum atomic E-state index is 12.7. The predicted octanol–water partition coefficient (Wildman–Crippen LogP) is 3.07. The molecule has 2 N–H and O–H groups in total. The number of carbonyl (C=O) groups is 1. The molecule has 0 saturated carbocycles.